The number of hydrogen-bond acceptors (Lipinski definition) is 4. The van der Waals surface area contributed by atoms with E-state index in [0.717, 1.165) is 10.0 Å². The molecule has 1 N–H and O–H groups in total. The minimum Gasteiger partial charge on any atom is -0.468 e. The Bertz CT molecular complexity index is 471. The lowest BCUT2D eigenvalue weighted by Gasteiger charge is -2.25. The fourth-order valence-corrected chi connectivity index (χ4v) is 1.90. The topological polar surface area (TPSA) is 64.6 Å². The summed E-state index contributed by atoms with van der Waals surface area (Å²) in [4.78, 5) is 22.5. The molecule has 0 heterocycles. The van der Waals surface area contributed by atoms with E-state index >= 15 is 0 Å². The van der Waals surface area contributed by atoms with E-state index in [1.807, 2.05) is 38.1 Å². The second kappa shape index (κ2) is 7.28. The van der Waals surface area contributed by atoms with Gasteiger partial charge in [0.15, 0.2) is 0 Å². The summed E-state index contributed by atoms with van der Waals surface area (Å²) in [6.07, 6.45) is -0.0659. The molecule has 0 bridgehead atoms. The molecule has 110 valence electrons. The third-order valence-corrected chi connectivity index (χ3v) is 3.05. The highest BCUT2D eigenvalue weighted by atomic mass is 79.9. The highest BCUT2D eigenvalue weighted by Crippen LogP contribution is 2.19. The first kappa shape index (κ1) is 16.5. The largest absolute Gasteiger partial charge is 0.468 e. The van der Waals surface area contributed by atoms with Crippen molar-refractivity contribution in [3.05, 3.63) is 34.3 Å². The van der Waals surface area contributed by atoms with Gasteiger partial charge in [0.25, 0.3) is 0 Å². The van der Waals surface area contributed by atoms with Gasteiger partial charge in [-0.25, -0.2) is 4.79 Å². The summed E-state index contributed by atoms with van der Waals surface area (Å²) >= 11 is 3.37. The van der Waals surface area contributed by atoms with Crippen molar-refractivity contribution in [3.63, 3.8) is 0 Å². The third kappa shape index (κ3) is 6.06. The number of hydrogen-bond donors (Lipinski definition) is 1. The van der Waals surface area contributed by atoms with Crippen molar-refractivity contribution in [1.82, 2.24) is 5.32 Å². The number of alkyl carbamates (subject to hydrolysis) is 1. The van der Waals surface area contributed by atoms with Crippen molar-refractivity contribution in [1.29, 1.82) is 0 Å². The molecule has 1 rings (SSSR count). The number of nitrogens with one attached hydrogen (secondary N) is 1. The van der Waals surface area contributed by atoms with Crippen molar-refractivity contribution in [2.75, 3.05) is 13.7 Å². The third-order valence-electron chi connectivity index (χ3n) is 2.52. The molecule has 0 fully saturated rings. The second-order valence-corrected chi connectivity index (χ2v) is 5.80. The number of ether oxygens (including phenoxy) is 2. The van der Waals surface area contributed by atoms with E-state index in [0.29, 0.717) is 6.42 Å². The normalized spacial score (nSPS) is 10.8. The lowest BCUT2D eigenvalue weighted by Crippen LogP contribution is -2.38. The van der Waals surface area contributed by atoms with Crippen LogP contribution in [0.1, 0.15) is 19.4 Å². The van der Waals surface area contributed by atoms with Crippen LogP contribution in [0, 0.1) is 0 Å². The summed E-state index contributed by atoms with van der Waals surface area (Å²) < 4.78 is 10.7. The average molecular weight is 344 g/mol. The monoisotopic (exact) mass is 343 g/mol. The first-order valence-corrected chi connectivity index (χ1v) is 6.90. The van der Waals surface area contributed by atoms with Gasteiger partial charge in [-0.05, 0) is 31.5 Å². The lowest BCUT2D eigenvalue weighted by molar-refractivity contribution is -0.139. The summed E-state index contributed by atoms with van der Waals surface area (Å²) in [5, 5.41) is 2.34. The molecule has 0 spiro atoms. The predicted molar refractivity (Wildman–Crippen MR) is 78.4 cm³/mol. The smallest absolute Gasteiger partial charge is 0.408 e. The quantitative estimate of drug-likeness (QED) is 0.834. The van der Waals surface area contributed by atoms with Crippen LogP contribution in [0.2, 0.25) is 0 Å². The number of amides is 1. The summed E-state index contributed by atoms with van der Waals surface area (Å²) in [6, 6.07) is 7.79. The van der Waals surface area contributed by atoms with Gasteiger partial charge in [-0.3, -0.25) is 4.79 Å². The van der Waals surface area contributed by atoms with Crippen molar-refractivity contribution in [3.8, 4) is 0 Å². The maximum atomic E-state index is 11.6. The molecule has 1 aromatic rings. The molecule has 0 aliphatic heterocycles. The number of esters is 1. The van der Waals surface area contributed by atoms with Gasteiger partial charge >= 0.3 is 12.1 Å². The molecule has 1 aromatic carbocycles. The highest BCUT2D eigenvalue weighted by molar-refractivity contribution is 9.10. The van der Waals surface area contributed by atoms with Crippen LogP contribution < -0.4 is 5.32 Å². The maximum absolute atomic E-state index is 11.6. The van der Waals surface area contributed by atoms with E-state index in [2.05, 4.69) is 26.0 Å². The van der Waals surface area contributed by atoms with E-state index in [-0.39, 0.29) is 6.54 Å². The van der Waals surface area contributed by atoms with E-state index in [4.69, 9.17) is 4.74 Å². The first-order chi connectivity index (χ1) is 9.32. The molecule has 5 nitrogen and oxygen atoms in total. The Balaban J connectivity index is 2.49. The number of carbonyl (C=O) groups excluding carboxylic acids is 2. The molecule has 1 amide bonds. The molecular weight excluding hydrogens is 326 g/mol. The molecule has 0 unspecified atom stereocenters. The average Bonchev–Trinajstić information content (AvgIpc) is 2.37. The minimum absolute atomic E-state index is 0.205. The van der Waals surface area contributed by atoms with Crippen LogP contribution in [0.25, 0.3) is 0 Å². The molecule has 20 heavy (non-hydrogen) atoms. The molecule has 0 atom stereocenters. The lowest BCUT2D eigenvalue weighted by atomic mass is 9.98. The van der Waals surface area contributed by atoms with E-state index in [1.54, 1.807) is 0 Å². The summed E-state index contributed by atoms with van der Waals surface area (Å²) in [7, 11) is 1.26. The molecule has 6 heteroatoms. The molecule has 0 aliphatic carbocycles. The van der Waals surface area contributed by atoms with E-state index < -0.39 is 17.7 Å². The number of rotatable bonds is 5. The van der Waals surface area contributed by atoms with Crippen molar-refractivity contribution in [2.45, 2.75) is 25.9 Å². The molecule has 0 radical (unpaired) electrons. The zero-order chi connectivity index (χ0) is 15.2. The van der Waals surface area contributed by atoms with Crippen LogP contribution in [-0.4, -0.2) is 31.3 Å². The van der Waals surface area contributed by atoms with Crippen LogP contribution in [0.4, 0.5) is 4.79 Å². The molecule has 0 saturated carbocycles. The van der Waals surface area contributed by atoms with Gasteiger partial charge in [0.1, 0.15) is 12.1 Å². The number of methoxy groups -OCH3 is 1. The summed E-state index contributed by atoms with van der Waals surface area (Å²) in [5.41, 5.74) is 0.382. The predicted octanol–water partition coefficient (Wildman–Crippen LogP) is 2.67. The second-order valence-electron chi connectivity index (χ2n) is 4.88. The van der Waals surface area contributed by atoms with Gasteiger partial charge in [0.05, 0.1) is 7.11 Å². The van der Waals surface area contributed by atoms with Crippen molar-refractivity contribution >= 4 is 28.0 Å². The van der Waals surface area contributed by atoms with Gasteiger partial charge in [0.2, 0.25) is 0 Å². The number of carbonyl (C=O) groups is 2. The fraction of sp³-hybridized carbons (Fsp3) is 0.429. The first-order valence-electron chi connectivity index (χ1n) is 6.10. The van der Waals surface area contributed by atoms with Crippen LogP contribution in [-0.2, 0) is 20.7 Å². The molecular formula is C14H18BrNO4. The van der Waals surface area contributed by atoms with Gasteiger partial charge in [0, 0.05) is 10.9 Å². The number of benzene rings is 1. The Labute approximate surface area is 126 Å². The maximum Gasteiger partial charge on any atom is 0.408 e. The Morgan fingerprint density at radius 2 is 1.85 bits per heavy atom. The molecule has 0 aliphatic rings. The fourth-order valence-electron chi connectivity index (χ4n) is 1.63. The molecule has 0 saturated heterocycles. The van der Waals surface area contributed by atoms with Gasteiger partial charge in [-0.1, -0.05) is 28.1 Å². The van der Waals surface area contributed by atoms with Crippen LogP contribution in [0.15, 0.2) is 28.7 Å². The van der Waals surface area contributed by atoms with E-state index in [1.165, 1.54) is 7.11 Å². The SMILES string of the molecule is COC(=O)CNC(=O)OC(C)(C)Cc1ccc(Br)cc1. The Morgan fingerprint density at radius 3 is 2.40 bits per heavy atom. The van der Waals surface area contributed by atoms with Crippen molar-refractivity contribution < 1.29 is 19.1 Å². The number of halogens is 1. The minimum atomic E-state index is -0.673. The Hall–Kier alpha value is -1.56. The highest BCUT2D eigenvalue weighted by Gasteiger charge is 2.23. The van der Waals surface area contributed by atoms with Crippen LogP contribution in [0.5, 0.6) is 0 Å². The Morgan fingerprint density at radius 1 is 1.25 bits per heavy atom. The standard InChI is InChI=1S/C14H18BrNO4/c1-14(2,8-10-4-6-11(15)7-5-10)20-13(18)16-9-12(17)19-3/h4-7H,8-9H2,1-3H3,(H,16,18). The summed E-state index contributed by atoms with van der Waals surface area (Å²) in [6.45, 7) is 3.42. The van der Waals surface area contributed by atoms with Gasteiger partial charge in [-0.15, -0.1) is 0 Å². The van der Waals surface area contributed by atoms with Crippen molar-refractivity contribution in [2.24, 2.45) is 0 Å². The van der Waals surface area contributed by atoms with E-state index in [9.17, 15) is 9.59 Å². The van der Waals surface area contributed by atoms with Crippen LogP contribution in [0.3, 0.4) is 0 Å². The zero-order valence-corrected chi connectivity index (χ0v) is 13.3. The zero-order valence-electron chi connectivity index (χ0n) is 11.7. The molecule has 0 aromatic heterocycles. The van der Waals surface area contributed by atoms with Crippen LogP contribution >= 0.6 is 15.9 Å². The Kier molecular flexibility index (Phi) is 6.01. The summed E-state index contributed by atoms with van der Waals surface area (Å²) in [5.74, 6) is -0.521. The van der Waals surface area contributed by atoms with Gasteiger partial charge < -0.3 is 14.8 Å². The van der Waals surface area contributed by atoms with Gasteiger partial charge in [-0.2, -0.15) is 0 Å².